The Balaban J connectivity index is 1.41. The molecule has 2 fully saturated rings. The molecule has 178 valence electrons. The molecule has 0 bridgehead atoms. The second-order valence-corrected chi connectivity index (χ2v) is 9.35. The lowest BCUT2D eigenvalue weighted by molar-refractivity contribution is 0.112. The Morgan fingerprint density at radius 3 is 2.27 bits per heavy atom. The zero-order valence-corrected chi connectivity index (χ0v) is 19.9. The monoisotopic (exact) mass is 449 g/mol. The van der Waals surface area contributed by atoms with E-state index in [9.17, 15) is 4.79 Å². The first kappa shape index (κ1) is 23.8. The van der Waals surface area contributed by atoms with Crippen LogP contribution in [-0.4, -0.2) is 68.5 Å². The maximum atomic E-state index is 11.6. The average molecular weight is 450 g/mol. The third-order valence-corrected chi connectivity index (χ3v) is 6.91. The number of hydrogen-bond donors (Lipinski definition) is 1. The molecule has 0 atom stereocenters. The summed E-state index contributed by atoms with van der Waals surface area (Å²) in [5.41, 5.74) is 3.72. The highest BCUT2D eigenvalue weighted by molar-refractivity contribution is 5.88. The fourth-order valence-corrected chi connectivity index (χ4v) is 4.99. The first-order valence-corrected chi connectivity index (χ1v) is 12.8. The number of nitrogens with zero attached hydrogens (tertiary/aromatic N) is 2. The van der Waals surface area contributed by atoms with Gasteiger partial charge in [-0.05, 0) is 88.1 Å². The molecule has 2 aromatic rings. The zero-order valence-electron chi connectivity index (χ0n) is 19.9. The van der Waals surface area contributed by atoms with Gasteiger partial charge in [0.15, 0.2) is 6.29 Å². The van der Waals surface area contributed by atoms with Crippen LogP contribution in [0.5, 0.6) is 5.75 Å². The molecule has 2 aromatic carbocycles. The van der Waals surface area contributed by atoms with Crippen LogP contribution in [0, 0.1) is 0 Å². The van der Waals surface area contributed by atoms with Gasteiger partial charge in [-0.3, -0.25) is 9.69 Å². The summed E-state index contributed by atoms with van der Waals surface area (Å²) in [6, 6.07) is 14.0. The van der Waals surface area contributed by atoms with Gasteiger partial charge in [-0.2, -0.15) is 0 Å². The fourth-order valence-electron chi connectivity index (χ4n) is 4.99. The number of carbonyl (C=O) groups excluding carboxylic acids is 1. The molecule has 33 heavy (non-hydrogen) atoms. The van der Waals surface area contributed by atoms with Crippen LogP contribution in [0.15, 0.2) is 42.5 Å². The molecule has 1 N–H and O–H groups in total. The Morgan fingerprint density at radius 1 is 0.848 bits per heavy atom. The van der Waals surface area contributed by atoms with E-state index in [0.29, 0.717) is 12.2 Å². The SMILES string of the molecule is O=Cc1ccccc1-c1ccc(NCCCN2CCCCC2)c(OCCN2CCCCC2)c1. The largest absolute Gasteiger partial charge is 0.490 e. The number of aldehydes is 1. The number of likely N-dealkylation sites (tertiary alicyclic amines) is 2. The minimum Gasteiger partial charge on any atom is -0.490 e. The number of hydrogen-bond acceptors (Lipinski definition) is 5. The highest BCUT2D eigenvalue weighted by Gasteiger charge is 2.13. The van der Waals surface area contributed by atoms with Gasteiger partial charge < -0.3 is 15.0 Å². The van der Waals surface area contributed by atoms with E-state index in [0.717, 1.165) is 54.9 Å². The molecule has 2 aliphatic heterocycles. The van der Waals surface area contributed by atoms with Crippen molar-refractivity contribution in [3.05, 3.63) is 48.0 Å². The second kappa shape index (κ2) is 12.8. The molecule has 0 aliphatic carbocycles. The van der Waals surface area contributed by atoms with Gasteiger partial charge in [0, 0.05) is 18.7 Å². The molecule has 0 spiro atoms. The van der Waals surface area contributed by atoms with Gasteiger partial charge in [-0.1, -0.05) is 43.2 Å². The molecule has 0 aromatic heterocycles. The van der Waals surface area contributed by atoms with Gasteiger partial charge in [0.2, 0.25) is 0 Å². The number of piperidine rings is 2. The lowest BCUT2D eigenvalue weighted by Gasteiger charge is -2.27. The van der Waals surface area contributed by atoms with E-state index in [1.54, 1.807) is 0 Å². The number of carbonyl (C=O) groups is 1. The van der Waals surface area contributed by atoms with Crippen LogP contribution in [0.2, 0.25) is 0 Å². The summed E-state index contributed by atoms with van der Waals surface area (Å²) in [5.74, 6) is 0.878. The molecule has 2 saturated heterocycles. The van der Waals surface area contributed by atoms with Crippen molar-refractivity contribution >= 4 is 12.0 Å². The molecule has 5 nitrogen and oxygen atoms in total. The number of rotatable bonds is 11. The topological polar surface area (TPSA) is 44.8 Å². The zero-order chi connectivity index (χ0) is 22.7. The molecular formula is C28H39N3O2. The van der Waals surface area contributed by atoms with E-state index in [1.807, 2.05) is 24.3 Å². The van der Waals surface area contributed by atoms with Crippen molar-refractivity contribution in [3.8, 4) is 16.9 Å². The summed E-state index contributed by atoms with van der Waals surface area (Å²) in [6.07, 6.45) is 10.1. The summed E-state index contributed by atoms with van der Waals surface area (Å²) < 4.78 is 6.32. The molecule has 2 heterocycles. The highest BCUT2D eigenvalue weighted by Crippen LogP contribution is 2.32. The van der Waals surface area contributed by atoms with Crippen LogP contribution < -0.4 is 10.1 Å². The predicted molar refractivity (Wildman–Crippen MR) is 136 cm³/mol. The van der Waals surface area contributed by atoms with Gasteiger partial charge in [0.1, 0.15) is 12.4 Å². The lowest BCUT2D eigenvalue weighted by atomic mass is 10.00. The Morgan fingerprint density at radius 2 is 1.55 bits per heavy atom. The van der Waals surface area contributed by atoms with E-state index in [-0.39, 0.29) is 0 Å². The molecule has 0 saturated carbocycles. The molecule has 0 unspecified atom stereocenters. The molecule has 0 amide bonds. The smallest absolute Gasteiger partial charge is 0.150 e. The van der Waals surface area contributed by atoms with Gasteiger partial charge >= 0.3 is 0 Å². The highest BCUT2D eigenvalue weighted by atomic mass is 16.5. The summed E-state index contributed by atoms with van der Waals surface area (Å²) in [7, 11) is 0. The number of anilines is 1. The normalized spacial score (nSPS) is 17.6. The first-order valence-electron chi connectivity index (χ1n) is 12.8. The Labute approximate surface area is 199 Å². The summed E-state index contributed by atoms with van der Waals surface area (Å²) in [6.45, 7) is 8.58. The first-order chi connectivity index (χ1) is 16.3. The lowest BCUT2D eigenvalue weighted by Crippen LogP contribution is -2.33. The Kier molecular flexibility index (Phi) is 9.19. The van der Waals surface area contributed by atoms with Crippen LogP contribution in [-0.2, 0) is 0 Å². The van der Waals surface area contributed by atoms with Crippen molar-refractivity contribution in [2.45, 2.75) is 44.9 Å². The van der Waals surface area contributed by atoms with Crippen molar-refractivity contribution in [2.75, 3.05) is 57.7 Å². The van der Waals surface area contributed by atoms with Crippen molar-refractivity contribution in [1.82, 2.24) is 9.80 Å². The van der Waals surface area contributed by atoms with Crippen LogP contribution in [0.1, 0.15) is 55.3 Å². The number of ether oxygens (including phenoxy) is 1. The van der Waals surface area contributed by atoms with Gasteiger partial charge in [0.05, 0.1) is 5.69 Å². The predicted octanol–water partition coefficient (Wildman–Crippen LogP) is 5.32. The Hall–Kier alpha value is -2.37. The van der Waals surface area contributed by atoms with Crippen LogP contribution in [0.25, 0.3) is 11.1 Å². The number of benzene rings is 2. The second-order valence-electron chi connectivity index (χ2n) is 9.35. The van der Waals surface area contributed by atoms with Crippen molar-refractivity contribution in [3.63, 3.8) is 0 Å². The van der Waals surface area contributed by atoms with E-state index < -0.39 is 0 Å². The molecule has 5 heteroatoms. The van der Waals surface area contributed by atoms with Crippen LogP contribution in [0.3, 0.4) is 0 Å². The van der Waals surface area contributed by atoms with E-state index in [1.165, 1.54) is 64.7 Å². The van der Waals surface area contributed by atoms with Crippen molar-refractivity contribution in [1.29, 1.82) is 0 Å². The van der Waals surface area contributed by atoms with E-state index in [2.05, 4.69) is 33.3 Å². The summed E-state index contributed by atoms with van der Waals surface area (Å²) >= 11 is 0. The molecule has 4 rings (SSSR count). The maximum Gasteiger partial charge on any atom is 0.150 e. The minimum absolute atomic E-state index is 0.682. The fraction of sp³-hybridized carbons (Fsp3) is 0.536. The maximum absolute atomic E-state index is 11.6. The third-order valence-electron chi connectivity index (χ3n) is 6.91. The van der Waals surface area contributed by atoms with Gasteiger partial charge in [0.25, 0.3) is 0 Å². The standard InChI is InChI=1S/C28H39N3O2/c32-23-25-10-3-4-11-26(25)24-12-13-27(29-14-9-19-30-15-5-1-6-16-30)28(22-24)33-21-20-31-17-7-2-8-18-31/h3-4,10-13,22-23,29H,1-2,5-9,14-21H2. The Bertz CT molecular complexity index is 873. The number of nitrogens with one attached hydrogen (secondary N) is 1. The third kappa shape index (κ3) is 7.05. The van der Waals surface area contributed by atoms with E-state index >= 15 is 0 Å². The molecular weight excluding hydrogens is 410 g/mol. The molecule has 2 aliphatic rings. The van der Waals surface area contributed by atoms with Crippen LogP contribution >= 0.6 is 0 Å². The van der Waals surface area contributed by atoms with E-state index in [4.69, 9.17) is 4.74 Å². The quantitative estimate of drug-likeness (QED) is 0.372. The summed E-state index contributed by atoms with van der Waals surface area (Å²) in [5, 5.41) is 3.61. The van der Waals surface area contributed by atoms with Gasteiger partial charge in [-0.15, -0.1) is 0 Å². The summed E-state index contributed by atoms with van der Waals surface area (Å²) in [4.78, 5) is 16.6. The minimum atomic E-state index is 0.682. The van der Waals surface area contributed by atoms with Crippen molar-refractivity contribution in [2.24, 2.45) is 0 Å². The average Bonchev–Trinajstić information content (AvgIpc) is 2.88. The molecule has 0 radical (unpaired) electrons. The van der Waals surface area contributed by atoms with Crippen LogP contribution in [0.4, 0.5) is 5.69 Å². The van der Waals surface area contributed by atoms with Crippen molar-refractivity contribution < 1.29 is 9.53 Å². The van der Waals surface area contributed by atoms with Gasteiger partial charge in [-0.25, -0.2) is 0 Å².